The van der Waals surface area contributed by atoms with Crippen LogP contribution < -0.4 is 4.90 Å². The summed E-state index contributed by atoms with van der Waals surface area (Å²) in [5.41, 5.74) is 10.2. The number of halogens is 2. The van der Waals surface area contributed by atoms with Gasteiger partial charge < -0.3 is 4.90 Å². The summed E-state index contributed by atoms with van der Waals surface area (Å²) in [7, 11) is 11.7. The Balaban J connectivity index is 0.000000358. The Labute approximate surface area is 301 Å². The molecule has 0 amide bonds. The maximum absolute atomic E-state index is 5.83. The van der Waals surface area contributed by atoms with E-state index in [2.05, 4.69) is 136 Å². The summed E-state index contributed by atoms with van der Waals surface area (Å²) in [6, 6.07) is 22.5. The molecule has 1 fully saturated rings. The van der Waals surface area contributed by atoms with Crippen LogP contribution in [0.3, 0.4) is 0 Å². The molecular formula is C42H61Cl2NORu. The van der Waals surface area contributed by atoms with Gasteiger partial charge in [-0.25, -0.2) is 6.54 Å². The third-order valence-corrected chi connectivity index (χ3v) is 10.5. The fourth-order valence-electron chi connectivity index (χ4n) is 5.54. The van der Waals surface area contributed by atoms with Gasteiger partial charge in [0.25, 0.3) is 0 Å². The minimum absolute atomic E-state index is 0.137. The molecule has 1 N–H and O–H groups in total. The predicted molar refractivity (Wildman–Crippen MR) is 207 cm³/mol. The van der Waals surface area contributed by atoms with E-state index >= 15 is 0 Å². The van der Waals surface area contributed by atoms with E-state index in [1.54, 1.807) is 0 Å². The van der Waals surface area contributed by atoms with E-state index in [0.717, 1.165) is 17.9 Å². The van der Waals surface area contributed by atoms with E-state index in [0.29, 0.717) is 5.92 Å². The first-order valence-electron chi connectivity index (χ1n) is 17.0. The molecule has 0 radical (unpaired) electrons. The van der Waals surface area contributed by atoms with Crippen molar-refractivity contribution in [3.8, 4) is 5.75 Å². The Morgan fingerprint density at radius 1 is 0.723 bits per heavy atom. The number of aliphatic hydroxyl groups is 1. The van der Waals surface area contributed by atoms with E-state index in [-0.39, 0.29) is 27.8 Å². The number of hydrogen-bond acceptors (Lipinski definition) is 1. The molecule has 3 aromatic carbocycles. The van der Waals surface area contributed by atoms with Gasteiger partial charge in [0.2, 0.25) is 0 Å². The van der Waals surface area contributed by atoms with Gasteiger partial charge in [-0.2, -0.15) is 0 Å². The van der Waals surface area contributed by atoms with Gasteiger partial charge in [0, 0.05) is 5.69 Å². The van der Waals surface area contributed by atoms with Gasteiger partial charge in [-0.15, -0.1) is 5.92 Å². The molecule has 262 valence electrons. The summed E-state index contributed by atoms with van der Waals surface area (Å²) < 4.78 is 6.41. The minimum atomic E-state index is -1.75. The molecule has 5 heteroatoms. The number of rotatable bonds is 5. The van der Waals surface area contributed by atoms with Crippen molar-refractivity contribution in [2.24, 2.45) is 0 Å². The molecule has 0 aliphatic carbocycles. The number of hydrogen-bond donors (Lipinski definition) is 0. The van der Waals surface area contributed by atoms with Gasteiger partial charge in [-0.3, -0.25) is 0 Å². The summed E-state index contributed by atoms with van der Waals surface area (Å²) >= 11 is -1.75. The first-order chi connectivity index (χ1) is 21.4. The normalized spacial score (nSPS) is 16.1. The van der Waals surface area contributed by atoms with Gasteiger partial charge in [0.05, 0.1) is 0 Å². The molecule has 1 aliphatic heterocycles. The molecule has 0 aromatic heterocycles. The predicted octanol–water partition coefficient (Wildman–Crippen LogP) is 12.4. The number of aromatic hydroxyl groups is 1. The third-order valence-electron chi connectivity index (χ3n) is 8.66. The van der Waals surface area contributed by atoms with E-state index in [1.165, 1.54) is 39.9 Å². The van der Waals surface area contributed by atoms with E-state index in [9.17, 15) is 0 Å². The zero-order chi connectivity index (χ0) is 35.5. The fourth-order valence-corrected chi connectivity index (χ4v) is 7.36. The summed E-state index contributed by atoms with van der Waals surface area (Å²) in [6.45, 7) is 35.6. The van der Waals surface area contributed by atoms with Crippen LogP contribution in [0.1, 0.15) is 143 Å². The molecule has 2 nitrogen and oxygen atoms in total. The van der Waals surface area contributed by atoms with Gasteiger partial charge in [-0.1, -0.05) is 119 Å². The molecule has 1 heterocycles. The molecule has 1 atom stereocenters. The monoisotopic (exact) mass is 767 g/mol. The van der Waals surface area contributed by atoms with Crippen LogP contribution in [0.15, 0.2) is 60.7 Å². The summed E-state index contributed by atoms with van der Waals surface area (Å²) in [5, 5.41) is 0. The number of ether oxygens (including phenoxy) is 1. The van der Waals surface area contributed by atoms with Crippen molar-refractivity contribution < 1.29 is 18.3 Å². The van der Waals surface area contributed by atoms with E-state index in [4.69, 9.17) is 19.4 Å². The Bertz CT molecular complexity index is 1380. The SMILES string of the molecule is CC(C)(C)c1cc(C2[CH-]N(c3cc(C(C)(C)C)cc(C(C)(C)C)c3)CC2)cc(C(C)(C)C)c1.CC(C)[OH+]c1ccccc1[CH]=[Ru]([Cl])[Cl]. The molecule has 0 saturated carbocycles. The third kappa shape index (κ3) is 11.7. The maximum atomic E-state index is 5.83. The van der Waals surface area contributed by atoms with Crippen LogP contribution in [0.2, 0.25) is 0 Å². The van der Waals surface area contributed by atoms with Crippen LogP contribution in [0.25, 0.3) is 0 Å². The molecule has 0 bridgehead atoms. The average molecular weight is 768 g/mol. The quantitative estimate of drug-likeness (QED) is 0.143. The summed E-state index contributed by atoms with van der Waals surface area (Å²) in [6.07, 6.45) is 1.46. The summed E-state index contributed by atoms with van der Waals surface area (Å²) in [5.74, 6) is 1.44. The summed E-state index contributed by atoms with van der Waals surface area (Å²) in [4.78, 5) is 2.51. The molecule has 1 unspecified atom stereocenters. The van der Waals surface area contributed by atoms with Crippen molar-refractivity contribution in [3.05, 3.63) is 101 Å². The van der Waals surface area contributed by atoms with Crippen LogP contribution in [0.5, 0.6) is 5.75 Å². The Morgan fingerprint density at radius 3 is 1.60 bits per heavy atom. The first kappa shape index (κ1) is 39.8. The average Bonchev–Trinajstić information content (AvgIpc) is 3.42. The molecule has 0 spiro atoms. The second kappa shape index (κ2) is 15.5. The Hall–Kier alpha value is -1.67. The molecule has 47 heavy (non-hydrogen) atoms. The zero-order valence-electron chi connectivity index (χ0n) is 31.5. The first-order valence-corrected chi connectivity index (χ1v) is 22.5. The van der Waals surface area contributed by atoms with E-state index in [1.807, 2.05) is 42.7 Å². The standard InChI is InChI=1S/C32H48N.C10H12O.2ClH.Ru/c1-29(2,3)24-15-23(16-25(17-24)30(4,5)6)22-13-14-33(21-22)28-19-26(31(7,8)9)18-27(20-28)32(10,11)12;1-8(2)11-10-7-5-4-6-9(10)3;;;/h15-22H,13-14H2,1-12H3;3-8H,1-2H3;2*1H;/q-1;;;;+2/p-1. The Morgan fingerprint density at radius 2 is 1.17 bits per heavy atom. The molecule has 3 aromatic rings. The molecule has 1 saturated heterocycles. The van der Waals surface area contributed by atoms with Crippen LogP contribution in [-0.4, -0.2) is 22.0 Å². The van der Waals surface area contributed by atoms with Gasteiger partial charge in [0.15, 0.2) is 0 Å². The molecular weight excluding hydrogens is 706 g/mol. The topological polar surface area (TPSA) is 16.0 Å². The van der Waals surface area contributed by atoms with Crippen molar-refractivity contribution in [1.82, 2.24) is 0 Å². The van der Waals surface area contributed by atoms with E-state index < -0.39 is 13.5 Å². The molecule has 4 rings (SSSR count). The number of benzene rings is 3. The zero-order valence-corrected chi connectivity index (χ0v) is 34.8. The van der Waals surface area contributed by atoms with Crippen LogP contribution in [0, 0.1) is 6.54 Å². The fraction of sp³-hybridized carbons (Fsp3) is 0.524. The number of anilines is 1. The molecule has 1 aliphatic rings. The second-order valence-corrected chi connectivity index (χ2v) is 23.2. The van der Waals surface area contributed by atoms with Crippen molar-refractivity contribution in [2.75, 3.05) is 11.4 Å². The van der Waals surface area contributed by atoms with Gasteiger partial charge in [0.1, 0.15) is 0 Å². The van der Waals surface area contributed by atoms with Crippen LogP contribution >= 0.6 is 19.4 Å². The van der Waals surface area contributed by atoms with Crippen LogP contribution in [0.4, 0.5) is 5.69 Å². The van der Waals surface area contributed by atoms with Crippen molar-refractivity contribution in [2.45, 2.75) is 137 Å². The van der Waals surface area contributed by atoms with Crippen molar-refractivity contribution in [3.63, 3.8) is 0 Å². The van der Waals surface area contributed by atoms with Crippen molar-refractivity contribution >= 4 is 29.7 Å². The van der Waals surface area contributed by atoms with Gasteiger partial charge in [-0.05, 0) is 62.6 Å². The van der Waals surface area contributed by atoms with Crippen molar-refractivity contribution in [1.29, 1.82) is 0 Å². The second-order valence-electron chi connectivity index (χ2n) is 17.4. The number of nitrogens with zero attached hydrogens (tertiary/aromatic N) is 1. The Kier molecular flexibility index (Phi) is 13.1. The number of para-hydroxylation sites is 1. The van der Waals surface area contributed by atoms with Crippen LogP contribution in [-0.2, 0) is 35.2 Å². The van der Waals surface area contributed by atoms with Gasteiger partial charge >= 0.3 is 97.8 Å².